The normalized spacial score (nSPS) is 15.1. The number of anilines is 1. The molecule has 0 saturated heterocycles. The number of amides is 1. The summed E-state index contributed by atoms with van der Waals surface area (Å²) in [5.74, 6) is 1.63. The van der Waals surface area contributed by atoms with Crippen LogP contribution in [-0.4, -0.2) is 28.3 Å². The van der Waals surface area contributed by atoms with Crippen molar-refractivity contribution in [2.75, 3.05) is 5.32 Å². The molecular weight excluding hydrogens is 537 g/mol. The monoisotopic (exact) mass is 551 g/mol. The summed E-state index contributed by atoms with van der Waals surface area (Å²) in [5, 5.41) is 26.7. The predicted octanol–water partition coefficient (Wildman–Crippen LogP) is 4.44. The van der Waals surface area contributed by atoms with Crippen molar-refractivity contribution in [1.82, 2.24) is 0 Å². The minimum atomic E-state index is -1.53. The van der Waals surface area contributed by atoms with Gasteiger partial charge in [-0.05, 0) is 30.3 Å². The molecule has 11 nitrogen and oxygen atoms in total. The van der Waals surface area contributed by atoms with Crippen LogP contribution >= 0.6 is 23.2 Å². The number of non-ortho nitro benzene ring substituents is 1. The zero-order valence-electron chi connectivity index (χ0n) is 19.1. The van der Waals surface area contributed by atoms with E-state index in [0.717, 1.165) is 18.2 Å². The van der Waals surface area contributed by atoms with E-state index in [0.29, 0.717) is 5.56 Å². The molecule has 3 aromatic rings. The summed E-state index contributed by atoms with van der Waals surface area (Å²) in [6.45, 7) is 0. The molecule has 0 aliphatic carbocycles. The van der Waals surface area contributed by atoms with Gasteiger partial charge in [0.2, 0.25) is 0 Å². The summed E-state index contributed by atoms with van der Waals surface area (Å²) in [6, 6.07) is 15.3. The van der Waals surface area contributed by atoms with Gasteiger partial charge in [0.15, 0.2) is 5.78 Å². The molecule has 13 heteroatoms. The second-order valence-electron chi connectivity index (χ2n) is 7.95. The molecule has 1 heterocycles. The quantitative estimate of drug-likeness (QED) is 0.108. The maximum atomic E-state index is 13.8. The number of carbonyl (C=O) groups is 3. The average molecular weight is 552 g/mol. The number of benzene rings is 3. The van der Waals surface area contributed by atoms with Gasteiger partial charge < -0.3 is 15.9 Å². The van der Waals surface area contributed by atoms with Gasteiger partial charge in [-0.3, -0.25) is 19.7 Å². The Kier molecular flexibility index (Phi) is 7.38. The Hall–Kier alpha value is -4.79. The highest BCUT2D eigenvalue weighted by Crippen LogP contribution is 2.39. The van der Waals surface area contributed by atoms with E-state index in [-0.39, 0.29) is 38.1 Å². The molecule has 0 radical (unpaired) electrons. The van der Waals surface area contributed by atoms with E-state index in [1.54, 1.807) is 24.3 Å². The van der Waals surface area contributed by atoms with Crippen molar-refractivity contribution in [3.63, 3.8) is 0 Å². The number of rotatable bonds is 7. The second kappa shape index (κ2) is 10.7. The molecule has 1 aliphatic heterocycles. The molecule has 0 aromatic heterocycles. The number of hydrogen-bond acceptors (Lipinski definition) is 9. The van der Waals surface area contributed by atoms with Crippen LogP contribution in [0.2, 0.25) is 10.0 Å². The van der Waals surface area contributed by atoms with Crippen LogP contribution in [0.3, 0.4) is 0 Å². The zero-order chi connectivity index (χ0) is 27.6. The first kappa shape index (κ1) is 26.3. The fourth-order valence-corrected chi connectivity index (χ4v) is 4.27. The van der Waals surface area contributed by atoms with Gasteiger partial charge in [0.05, 0.1) is 31.8 Å². The Morgan fingerprint density at radius 1 is 1.13 bits per heavy atom. The van der Waals surface area contributed by atoms with Gasteiger partial charge in [-0.2, -0.15) is 10.4 Å². The summed E-state index contributed by atoms with van der Waals surface area (Å²) in [7, 11) is 0. The zero-order valence-corrected chi connectivity index (χ0v) is 20.6. The highest BCUT2D eigenvalue weighted by molar-refractivity contribution is 6.48. The van der Waals surface area contributed by atoms with E-state index < -0.39 is 40.3 Å². The summed E-state index contributed by atoms with van der Waals surface area (Å²) in [6.07, 6.45) is -1.28. The van der Waals surface area contributed by atoms with Crippen molar-refractivity contribution in [3.8, 4) is 6.07 Å². The van der Waals surface area contributed by atoms with Crippen molar-refractivity contribution >= 4 is 57.9 Å². The van der Waals surface area contributed by atoms with Crippen molar-refractivity contribution in [2.24, 2.45) is 16.9 Å². The van der Waals surface area contributed by atoms with E-state index >= 15 is 0 Å². The Morgan fingerprint density at radius 2 is 1.87 bits per heavy atom. The third-order valence-electron chi connectivity index (χ3n) is 5.76. The van der Waals surface area contributed by atoms with Crippen molar-refractivity contribution < 1.29 is 24.0 Å². The Balaban J connectivity index is 1.78. The van der Waals surface area contributed by atoms with E-state index in [2.05, 4.69) is 10.4 Å². The van der Waals surface area contributed by atoms with Gasteiger partial charge in [0, 0.05) is 23.3 Å². The van der Waals surface area contributed by atoms with Gasteiger partial charge in [0.1, 0.15) is 23.8 Å². The largest absolute Gasteiger partial charge is 0.453 e. The molecule has 0 bridgehead atoms. The van der Waals surface area contributed by atoms with Crippen LogP contribution in [0.1, 0.15) is 37.9 Å². The highest BCUT2D eigenvalue weighted by atomic mass is 35.5. The molecule has 38 heavy (non-hydrogen) atoms. The van der Waals surface area contributed by atoms with E-state index in [1.165, 1.54) is 24.3 Å². The molecule has 0 fully saturated rings. The standard InChI is InChI=1S/C25H15Cl2N5O6/c26-17-7-5-12(10-18(17)27)22(33)20(23-15-3-1-2-4-16(15)25(35)38-23)21(31-29)24(34)30-19-8-6-14(32(36)37)9-13(19)11-28/h1-10,20,23H,29H2,(H,30,34)/b31-21-. The lowest BCUT2D eigenvalue weighted by Crippen LogP contribution is -2.39. The minimum Gasteiger partial charge on any atom is -0.453 e. The van der Waals surface area contributed by atoms with Crippen molar-refractivity contribution in [1.29, 1.82) is 5.26 Å². The smallest absolute Gasteiger partial charge is 0.339 e. The number of ether oxygens (including phenoxy) is 1. The maximum Gasteiger partial charge on any atom is 0.339 e. The first-order chi connectivity index (χ1) is 18.2. The summed E-state index contributed by atoms with van der Waals surface area (Å²) in [5.41, 5.74) is -0.636. The molecule has 4 rings (SSSR count). The highest BCUT2D eigenvalue weighted by Gasteiger charge is 2.45. The number of esters is 1. The fourth-order valence-electron chi connectivity index (χ4n) is 3.97. The summed E-state index contributed by atoms with van der Waals surface area (Å²) in [4.78, 5) is 50.0. The van der Waals surface area contributed by atoms with Gasteiger partial charge in [0.25, 0.3) is 11.6 Å². The minimum absolute atomic E-state index is 0.0341. The number of cyclic esters (lactones) is 1. The number of hydrogen-bond donors (Lipinski definition) is 2. The number of Topliss-reactive ketones (excluding diaryl/α,β-unsaturated/α-hetero) is 1. The number of fused-ring (bicyclic) bond motifs is 1. The number of nitrogens with one attached hydrogen (secondary N) is 1. The molecular formula is C25H15Cl2N5O6. The third kappa shape index (κ3) is 4.90. The lowest BCUT2D eigenvalue weighted by molar-refractivity contribution is -0.384. The fraction of sp³-hybridized carbons (Fsp3) is 0.0800. The van der Waals surface area contributed by atoms with Crippen LogP contribution < -0.4 is 11.2 Å². The summed E-state index contributed by atoms with van der Waals surface area (Å²) >= 11 is 12.1. The Labute approximate surface area is 224 Å². The lowest BCUT2D eigenvalue weighted by atomic mass is 9.84. The maximum absolute atomic E-state index is 13.8. The Bertz CT molecular complexity index is 1580. The molecule has 2 atom stereocenters. The number of nitrogens with zero attached hydrogens (tertiary/aromatic N) is 3. The molecule has 0 spiro atoms. The van der Waals surface area contributed by atoms with E-state index in [9.17, 15) is 29.8 Å². The third-order valence-corrected chi connectivity index (χ3v) is 6.50. The van der Waals surface area contributed by atoms with Crippen LogP contribution in [0, 0.1) is 27.4 Å². The van der Waals surface area contributed by atoms with E-state index in [1.807, 2.05) is 0 Å². The summed E-state index contributed by atoms with van der Waals surface area (Å²) < 4.78 is 5.50. The molecule has 2 unspecified atom stereocenters. The van der Waals surface area contributed by atoms with Gasteiger partial charge in [-0.25, -0.2) is 4.79 Å². The number of halogens is 2. The number of nitrogens with two attached hydrogens (primary N) is 1. The van der Waals surface area contributed by atoms with Crippen LogP contribution in [0.25, 0.3) is 0 Å². The first-order valence-corrected chi connectivity index (χ1v) is 11.5. The molecule has 3 aromatic carbocycles. The predicted molar refractivity (Wildman–Crippen MR) is 137 cm³/mol. The molecule has 190 valence electrons. The SMILES string of the molecule is N#Cc1cc([N+](=O)[O-])ccc1NC(=O)/C(=N\N)C(C(=O)c1ccc(Cl)c(Cl)c1)C1OC(=O)c2ccccc21. The molecule has 0 saturated carbocycles. The number of nitro benzene ring substituents is 1. The van der Waals surface area contributed by atoms with Crippen LogP contribution in [0.4, 0.5) is 11.4 Å². The van der Waals surface area contributed by atoms with Crippen LogP contribution in [-0.2, 0) is 9.53 Å². The Morgan fingerprint density at radius 3 is 2.53 bits per heavy atom. The number of nitro groups is 1. The number of ketones is 1. The number of nitriles is 1. The molecule has 1 amide bonds. The van der Waals surface area contributed by atoms with Gasteiger partial charge >= 0.3 is 5.97 Å². The van der Waals surface area contributed by atoms with Gasteiger partial charge in [-0.1, -0.05) is 41.4 Å². The van der Waals surface area contributed by atoms with Crippen LogP contribution in [0.5, 0.6) is 0 Å². The van der Waals surface area contributed by atoms with Crippen molar-refractivity contribution in [3.05, 3.63) is 103 Å². The average Bonchev–Trinajstić information content (AvgIpc) is 3.24. The first-order valence-electron chi connectivity index (χ1n) is 10.7. The van der Waals surface area contributed by atoms with Crippen LogP contribution in [0.15, 0.2) is 65.8 Å². The second-order valence-corrected chi connectivity index (χ2v) is 8.77. The topological polar surface area (TPSA) is 178 Å². The van der Waals surface area contributed by atoms with E-state index in [4.69, 9.17) is 33.8 Å². The lowest BCUT2D eigenvalue weighted by Gasteiger charge is -2.23. The van der Waals surface area contributed by atoms with Gasteiger partial charge in [-0.15, -0.1) is 0 Å². The number of carbonyl (C=O) groups excluding carboxylic acids is 3. The molecule has 3 N–H and O–H groups in total. The molecule has 1 aliphatic rings. The van der Waals surface area contributed by atoms with Crippen molar-refractivity contribution in [2.45, 2.75) is 6.10 Å². The number of hydrazone groups is 1.